The number of nitrogens with zero attached hydrogens (tertiary/aromatic N) is 1. The monoisotopic (exact) mass is 384 g/mol. The number of ether oxygens (including phenoxy) is 1. The lowest BCUT2D eigenvalue weighted by Gasteiger charge is -2.26. The van der Waals surface area contributed by atoms with Gasteiger partial charge in [0.25, 0.3) is 0 Å². The van der Waals surface area contributed by atoms with Crippen molar-refractivity contribution >= 4 is 5.91 Å². The zero-order valence-corrected chi connectivity index (χ0v) is 16.2. The van der Waals surface area contributed by atoms with Crippen molar-refractivity contribution in [1.29, 1.82) is 0 Å². The van der Waals surface area contributed by atoms with Gasteiger partial charge in [0.2, 0.25) is 5.91 Å². The fourth-order valence-electron chi connectivity index (χ4n) is 3.50. The van der Waals surface area contributed by atoms with Gasteiger partial charge in [-0.2, -0.15) is 0 Å². The molecular formula is C22H28N2O4. The largest absolute Gasteiger partial charge is 0.497 e. The Morgan fingerprint density at radius 3 is 2.71 bits per heavy atom. The number of aryl methyl sites for hydroxylation is 1. The summed E-state index contributed by atoms with van der Waals surface area (Å²) in [6.45, 7) is 1.03. The number of amides is 1. The smallest absolute Gasteiger partial charge is 0.223 e. The fourth-order valence-corrected chi connectivity index (χ4v) is 3.50. The molecule has 1 heterocycles. The first-order chi connectivity index (χ1) is 13.5. The number of hydrogen-bond acceptors (Lipinski definition) is 5. The molecule has 1 aliphatic rings. The summed E-state index contributed by atoms with van der Waals surface area (Å²) >= 11 is 0. The van der Waals surface area contributed by atoms with Crippen molar-refractivity contribution in [3.8, 4) is 5.75 Å². The molecule has 6 heteroatoms. The number of carbonyl (C=O) groups is 1. The Morgan fingerprint density at radius 2 is 1.96 bits per heavy atom. The first-order valence-corrected chi connectivity index (χ1v) is 9.56. The van der Waals surface area contributed by atoms with Crippen LogP contribution in [0, 0.1) is 0 Å². The molecule has 2 aromatic carbocycles. The maximum Gasteiger partial charge on any atom is 0.223 e. The molecule has 0 bridgehead atoms. The zero-order valence-electron chi connectivity index (χ0n) is 16.2. The topological polar surface area (TPSA) is 82.0 Å². The number of carbonyl (C=O) groups excluding carboxylic acids is 1. The van der Waals surface area contributed by atoms with E-state index in [1.54, 1.807) is 12.0 Å². The van der Waals surface area contributed by atoms with E-state index in [-0.39, 0.29) is 25.5 Å². The first-order valence-electron chi connectivity index (χ1n) is 9.56. The van der Waals surface area contributed by atoms with Gasteiger partial charge < -0.3 is 25.2 Å². The lowest BCUT2D eigenvalue weighted by atomic mass is 10.0. The number of benzene rings is 2. The molecular weight excluding hydrogens is 356 g/mol. The molecule has 1 aliphatic heterocycles. The van der Waals surface area contributed by atoms with Crippen molar-refractivity contribution in [3.05, 3.63) is 65.7 Å². The molecule has 1 saturated heterocycles. The molecule has 0 saturated carbocycles. The van der Waals surface area contributed by atoms with Gasteiger partial charge in [0.1, 0.15) is 17.5 Å². The van der Waals surface area contributed by atoms with Crippen molar-refractivity contribution < 1.29 is 19.7 Å². The Morgan fingerprint density at radius 1 is 1.21 bits per heavy atom. The molecule has 0 spiro atoms. The van der Waals surface area contributed by atoms with Crippen LogP contribution in [0.25, 0.3) is 0 Å². The first kappa shape index (κ1) is 20.3. The van der Waals surface area contributed by atoms with Gasteiger partial charge in [0.15, 0.2) is 0 Å². The maximum absolute atomic E-state index is 12.5. The summed E-state index contributed by atoms with van der Waals surface area (Å²) in [4.78, 5) is 14.0. The standard InChI is InChI=1S/C22H28N2O4/c1-28-19-9-5-8-18(12-19)13-23-15-22(27)16-24(14-20(22)25)21(26)11-10-17-6-3-2-4-7-17/h2-9,12,20,23,25,27H,10-11,13-16H2,1H3/t20-,22+/m1/s1. The van der Waals surface area contributed by atoms with E-state index >= 15 is 0 Å². The highest BCUT2D eigenvalue weighted by molar-refractivity contribution is 5.77. The van der Waals surface area contributed by atoms with Gasteiger partial charge >= 0.3 is 0 Å². The third kappa shape index (κ3) is 5.10. The highest BCUT2D eigenvalue weighted by atomic mass is 16.5. The van der Waals surface area contributed by atoms with Crippen LogP contribution in [0.4, 0.5) is 0 Å². The van der Waals surface area contributed by atoms with Gasteiger partial charge in [0.05, 0.1) is 13.7 Å². The number of aliphatic hydroxyl groups is 2. The number of β-amino-alcohol motifs (C(OH)–C–C–N with tert-alkyl or cyclic N) is 2. The molecule has 3 N–H and O–H groups in total. The van der Waals surface area contributed by atoms with Crippen LogP contribution in [-0.4, -0.2) is 59.5 Å². The summed E-state index contributed by atoms with van der Waals surface area (Å²) in [6, 6.07) is 17.5. The van der Waals surface area contributed by atoms with Gasteiger partial charge in [-0.1, -0.05) is 42.5 Å². The summed E-state index contributed by atoms with van der Waals surface area (Å²) in [5, 5.41) is 24.3. The van der Waals surface area contributed by atoms with E-state index in [0.717, 1.165) is 16.9 Å². The molecule has 2 atom stereocenters. The normalized spacial score (nSPS) is 21.7. The Hall–Kier alpha value is -2.41. The molecule has 28 heavy (non-hydrogen) atoms. The van der Waals surface area contributed by atoms with Crippen LogP contribution in [0.1, 0.15) is 17.5 Å². The molecule has 1 fully saturated rings. The molecule has 2 aromatic rings. The highest BCUT2D eigenvalue weighted by Gasteiger charge is 2.45. The summed E-state index contributed by atoms with van der Waals surface area (Å²) in [5.74, 6) is 0.723. The lowest BCUT2D eigenvalue weighted by Crippen LogP contribution is -2.50. The summed E-state index contributed by atoms with van der Waals surface area (Å²) in [6.07, 6.45) is 0.0500. The van der Waals surface area contributed by atoms with Gasteiger partial charge in [-0.15, -0.1) is 0 Å². The van der Waals surface area contributed by atoms with Crippen LogP contribution in [-0.2, 0) is 17.8 Å². The molecule has 0 radical (unpaired) electrons. The second-order valence-corrected chi connectivity index (χ2v) is 7.33. The van der Waals surface area contributed by atoms with Crippen LogP contribution in [0.3, 0.4) is 0 Å². The predicted octanol–water partition coefficient (Wildman–Crippen LogP) is 1.35. The third-order valence-corrected chi connectivity index (χ3v) is 5.20. The van der Waals surface area contributed by atoms with Crippen molar-refractivity contribution in [3.63, 3.8) is 0 Å². The molecule has 0 unspecified atom stereocenters. The Bertz CT molecular complexity index is 783. The van der Waals surface area contributed by atoms with E-state index < -0.39 is 11.7 Å². The van der Waals surface area contributed by atoms with Gasteiger partial charge in [-0.3, -0.25) is 4.79 Å². The SMILES string of the molecule is COc1cccc(CNC[C@]2(O)CN(C(=O)CCc3ccccc3)C[C@H]2O)c1. The van der Waals surface area contributed by atoms with Crippen LogP contribution in [0.2, 0.25) is 0 Å². The minimum absolute atomic E-state index is 0.0494. The van der Waals surface area contributed by atoms with E-state index in [1.165, 1.54) is 0 Å². The van der Waals surface area contributed by atoms with E-state index in [2.05, 4.69) is 5.32 Å². The number of aliphatic hydroxyl groups excluding tert-OH is 1. The van der Waals surface area contributed by atoms with Crippen LogP contribution in [0.15, 0.2) is 54.6 Å². The number of likely N-dealkylation sites (tertiary alicyclic amines) is 1. The summed E-state index contributed by atoms with van der Waals surface area (Å²) in [5.41, 5.74) is 0.776. The van der Waals surface area contributed by atoms with Gasteiger partial charge in [-0.05, 0) is 29.7 Å². The maximum atomic E-state index is 12.5. The quantitative estimate of drug-likeness (QED) is 0.640. The van der Waals surface area contributed by atoms with Crippen molar-refractivity contribution in [2.24, 2.45) is 0 Å². The van der Waals surface area contributed by atoms with Crippen LogP contribution in [0.5, 0.6) is 5.75 Å². The van der Waals surface area contributed by atoms with E-state index in [0.29, 0.717) is 19.4 Å². The van der Waals surface area contributed by atoms with Gasteiger partial charge in [-0.25, -0.2) is 0 Å². The Kier molecular flexibility index (Phi) is 6.67. The van der Waals surface area contributed by atoms with Gasteiger partial charge in [0, 0.05) is 26.1 Å². The van der Waals surface area contributed by atoms with Crippen molar-refractivity contribution in [2.75, 3.05) is 26.7 Å². The molecule has 150 valence electrons. The minimum Gasteiger partial charge on any atom is -0.497 e. The Labute approximate surface area is 165 Å². The number of hydrogen-bond donors (Lipinski definition) is 3. The van der Waals surface area contributed by atoms with E-state index in [9.17, 15) is 15.0 Å². The Balaban J connectivity index is 1.49. The molecule has 0 aromatic heterocycles. The average Bonchev–Trinajstić information content (AvgIpc) is 3.02. The van der Waals surface area contributed by atoms with Crippen LogP contribution < -0.4 is 10.1 Å². The molecule has 0 aliphatic carbocycles. The second-order valence-electron chi connectivity index (χ2n) is 7.33. The predicted molar refractivity (Wildman–Crippen MR) is 107 cm³/mol. The highest BCUT2D eigenvalue weighted by Crippen LogP contribution is 2.23. The molecule has 6 nitrogen and oxygen atoms in total. The minimum atomic E-state index is -1.35. The number of rotatable bonds is 8. The lowest BCUT2D eigenvalue weighted by molar-refractivity contribution is -0.131. The molecule has 1 amide bonds. The average molecular weight is 384 g/mol. The summed E-state index contributed by atoms with van der Waals surface area (Å²) in [7, 11) is 1.62. The third-order valence-electron chi connectivity index (χ3n) is 5.20. The zero-order chi connectivity index (χ0) is 20.0. The fraction of sp³-hybridized carbons (Fsp3) is 0.409. The number of methoxy groups -OCH3 is 1. The number of nitrogens with one attached hydrogen (secondary N) is 1. The molecule has 3 rings (SSSR count). The van der Waals surface area contributed by atoms with E-state index in [4.69, 9.17) is 4.74 Å². The van der Waals surface area contributed by atoms with E-state index in [1.807, 2.05) is 54.6 Å². The van der Waals surface area contributed by atoms with Crippen molar-refractivity contribution in [1.82, 2.24) is 10.2 Å². The van der Waals surface area contributed by atoms with Crippen molar-refractivity contribution in [2.45, 2.75) is 31.1 Å². The summed E-state index contributed by atoms with van der Waals surface area (Å²) < 4.78 is 5.21. The second kappa shape index (κ2) is 9.19. The van der Waals surface area contributed by atoms with Crippen LogP contribution >= 0.6 is 0 Å².